The van der Waals surface area contributed by atoms with Crippen LogP contribution in [0.2, 0.25) is 0 Å². The van der Waals surface area contributed by atoms with E-state index in [-0.39, 0.29) is 23.7 Å². The first-order chi connectivity index (χ1) is 10.7. The minimum absolute atomic E-state index is 0.0351. The third-order valence-electron chi connectivity index (χ3n) is 3.57. The summed E-state index contributed by atoms with van der Waals surface area (Å²) in [5.41, 5.74) is -0.763. The summed E-state index contributed by atoms with van der Waals surface area (Å²) in [4.78, 5) is 35.0. The Morgan fingerprint density at radius 2 is 1.74 bits per heavy atom. The summed E-state index contributed by atoms with van der Waals surface area (Å²) in [5, 5.41) is 9.06. The van der Waals surface area contributed by atoms with Crippen molar-refractivity contribution in [2.45, 2.75) is 40.2 Å². The van der Waals surface area contributed by atoms with Crippen LogP contribution in [0, 0.1) is 5.41 Å². The second-order valence-corrected chi connectivity index (χ2v) is 5.90. The molecule has 0 aliphatic rings. The van der Waals surface area contributed by atoms with Crippen molar-refractivity contribution in [3.63, 3.8) is 0 Å². The summed E-state index contributed by atoms with van der Waals surface area (Å²) in [6.45, 7) is 6.93. The van der Waals surface area contributed by atoms with Crippen LogP contribution in [0.1, 0.15) is 54.8 Å². The topological polar surface area (TPSA) is 89.9 Å². The summed E-state index contributed by atoms with van der Waals surface area (Å²) >= 11 is 0. The van der Waals surface area contributed by atoms with Crippen molar-refractivity contribution in [2.24, 2.45) is 5.41 Å². The Kier molecular flexibility index (Phi) is 6.30. The molecule has 1 aromatic carbocycles. The van der Waals surface area contributed by atoms with Gasteiger partial charge in [-0.05, 0) is 39.3 Å². The average molecular weight is 322 g/mol. The van der Waals surface area contributed by atoms with Crippen molar-refractivity contribution in [2.75, 3.05) is 6.61 Å². The van der Waals surface area contributed by atoms with Crippen LogP contribution in [-0.2, 0) is 14.3 Å². The van der Waals surface area contributed by atoms with E-state index < -0.39 is 23.5 Å². The lowest BCUT2D eigenvalue weighted by atomic mass is 9.91. The maximum absolute atomic E-state index is 12.1. The molecule has 0 spiro atoms. The zero-order chi connectivity index (χ0) is 17.6. The van der Waals surface area contributed by atoms with Crippen LogP contribution >= 0.6 is 0 Å². The Hall–Kier alpha value is -2.37. The largest absolute Gasteiger partial charge is 0.478 e. The van der Waals surface area contributed by atoms with Crippen LogP contribution in [0.4, 0.5) is 0 Å². The highest BCUT2D eigenvalue weighted by Gasteiger charge is 2.28. The van der Waals surface area contributed by atoms with Gasteiger partial charge in [0.25, 0.3) is 0 Å². The Morgan fingerprint density at radius 1 is 1.17 bits per heavy atom. The van der Waals surface area contributed by atoms with E-state index in [1.807, 2.05) is 6.92 Å². The minimum Gasteiger partial charge on any atom is -0.478 e. The van der Waals surface area contributed by atoms with Crippen molar-refractivity contribution in [1.29, 1.82) is 0 Å². The zero-order valence-corrected chi connectivity index (χ0v) is 13.8. The standard InChI is InChI=1S/C17H22O6/c1-5-17(3,4)16(21)22-10-11(2)23-15(20)13-9-7-6-8-12(13)14(18)19/h6-9,11H,5,10H2,1-4H3,(H,18,19). The van der Waals surface area contributed by atoms with Crippen molar-refractivity contribution in [3.8, 4) is 0 Å². The molecule has 0 saturated carbocycles. The molecule has 0 aliphatic heterocycles. The first-order valence-corrected chi connectivity index (χ1v) is 7.39. The highest BCUT2D eigenvalue weighted by molar-refractivity contribution is 6.02. The van der Waals surface area contributed by atoms with Crippen LogP contribution in [0.5, 0.6) is 0 Å². The monoisotopic (exact) mass is 322 g/mol. The molecule has 1 N–H and O–H groups in total. The van der Waals surface area contributed by atoms with Crippen LogP contribution < -0.4 is 0 Å². The number of carboxylic acids is 1. The highest BCUT2D eigenvalue weighted by Crippen LogP contribution is 2.21. The Bertz CT molecular complexity index is 591. The number of benzene rings is 1. The summed E-state index contributed by atoms with van der Waals surface area (Å²) in [6, 6.07) is 5.79. The molecule has 0 amide bonds. The van der Waals surface area contributed by atoms with E-state index in [1.165, 1.54) is 18.2 Å². The maximum Gasteiger partial charge on any atom is 0.339 e. The molecule has 23 heavy (non-hydrogen) atoms. The molecular weight excluding hydrogens is 300 g/mol. The van der Waals surface area contributed by atoms with Gasteiger partial charge >= 0.3 is 17.9 Å². The first kappa shape index (κ1) is 18.7. The van der Waals surface area contributed by atoms with Gasteiger partial charge in [-0.2, -0.15) is 0 Å². The number of hydrogen-bond acceptors (Lipinski definition) is 5. The van der Waals surface area contributed by atoms with Gasteiger partial charge in [-0.15, -0.1) is 0 Å². The molecule has 0 radical (unpaired) electrons. The van der Waals surface area contributed by atoms with Gasteiger partial charge in [0.1, 0.15) is 12.7 Å². The minimum atomic E-state index is -1.21. The normalized spacial score (nSPS) is 12.3. The van der Waals surface area contributed by atoms with Gasteiger partial charge in [-0.1, -0.05) is 19.1 Å². The molecule has 1 rings (SSSR count). The van der Waals surface area contributed by atoms with Gasteiger partial charge in [0.15, 0.2) is 0 Å². The van der Waals surface area contributed by atoms with Gasteiger partial charge in [-0.3, -0.25) is 4.79 Å². The second kappa shape index (κ2) is 7.76. The lowest BCUT2D eigenvalue weighted by Crippen LogP contribution is -2.30. The average Bonchev–Trinajstić information content (AvgIpc) is 2.52. The highest BCUT2D eigenvalue weighted by atomic mass is 16.6. The molecule has 6 nitrogen and oxygen atoms in total. The molecule has 1 aromatic rings. The molecule has 0 aliphatic carbocycles. The van der Waals surface area contributed by atoms with Gasteiger partial charge in [-0.25, -0.2) is 9.59 Å². The third-order valence-corrected chi connectivity index (χ3v) is 3.57. The number of ether oxygens (including phenoxy) is 2. The quantitative estimate of drug-likeness (QED) is 0.776. The fraction of sp³-hybridized carbons (Fsp3) is 0.471. The second-order valence-electron chi connectivity index (χ2n) is 5.90. The Labute approximate surface area is 135 Å². The molecule has 0 saturated heterocycles. The van der Waals surface area contributed by atoms with Gasteiger partial charge < -0.3 is 14.6 Å². The predicted molar refractivity (Wildman–Crippen MR) is 83.3 cm³/mol. The number of rotatable bonds is 7. The van der Waals surface area contributed by atoms with E-state index in [2.05, 4.69) is 0 Å². The molecule has 6 heteroatoms. The van der Waals surface area contributed by atoms with Gasteiger partial charge in [0, 0.05) is 0 Å². The number of esters is 2. The zero-order valence-electron chi connectivity index (χ0n) is 13.8. The number of carbonyl (C=O) groups excluding carboxylic acids is 2. The molecule has 0 heterocycles. The lowest BCUT2D eigenvalue weighted by Gasteiger charge is -2.22. The van der Waals surface area contributed by atoms with E-state index >= 15 is 0 Å². The van der Waals surface area contributed by atoms with Crippen molar-refractivity contribution in [1.82, 2.24) is 0 Å². The van der Waals surface area contributed by atoms with E-state index in [0.717, 1.165) is 0 Å². The van der Waals surface area contributed by atoms with Gasteiger partial charge in [0.2, 0.25) is 0 Å². The smallest absolute Gasteiger partial charge is 0.339 e. The van der Waals surface area contributed by atoms with Crippen molar-refractivity contribution in [3.05, 3.63) is 35.4 Å². The van der Waals surface area contributed by atoms with E-state index in [0.29, 0.717) is 6.42 Å². The fourth-order valence-electron chi connectivity index (χ4n) is 1.66. The van der Waals surface area contributed by atoms with E-state index in [9.17, 15) is 14.4 Å². The maximum atomic E-state index is 12.1. The predicted octanol–water partition coefficient (Wildman–Crippen LogP) is 2.91. The molecule has 1 atom stereocenters. The summed E-state index contributed by atoms with van der Waals surface area (Å²) in [7, 11) is 0. The molecule has 0 aromatic heterocycles. The molecular formula is C17H22O6. The van der Waals surface area contributed by atoms with Crippen molar-refractivity contribution < 1.29 is 29.0 Å². The summed E-state index contributed by atoms with van der Waals surface area (Å²) in [6.07, 6.45) is -0.0487. The number of carboxylic acid groups (broad SMARTS) is 1. The van der Waals surface area contributed by atoms with Crippen LogP contribution in [-0.4, -0.2) is 35.7 Å². The third kappa shape index (κ3) is 5.09. The van der Waals surface area contributed by atoms with Crippen LogP contribution in [0.25, 0.3) is 0 Å². The number of hydrogen-bond donors (Lipinski definition) is 1. The molecule has 1 unspecified atom stereocenters. The lowest BCUT2D eigenvalue weighted by molar-refractivity contribution is -0.156. The van der Waals surface area contributed by atoms with E-state index in [4.69, 9.17) is 14.6 Å². The first-order valence-electron chi connectivity index (χ1n) is 7.39. The Balaban J connectivity index is 2.65. The SMILES string of the molecule is CCC(C)(C)C(=O)OCC(C)OC(=O)c1ccccc1C(=O)O. The van der Waals surface area contributed by atoms with Crippen LogP contribution in [0.3, 0.4) is 0 Å². The summed E-state index contributed by atoms with van der Waals surface area (Å²) < 4.78 is 10.3. The Morgan fingerprint density at radius 3 is 2.26 bits per heavy atom. The number of carbonyl (C=O) groups is 3. The van der Waals surface area contributed by atoms with Crippen molar-refractivity contribution >= 4 is 17.9 Å². The summed E-state index contributed by atoms with van der Waals surface area (Å²) in [5.74, 6) is -2.34. The fourth-order valence-corrected chi connectivity index (χ4v) is 1.66. The number of aromatic carboxylic acids is 1. The van der Waals surface area contributed by atoms with E-state index in [1.54, 1.807) is 26.8 Å². The van der Waals surface area contributed by atoms with Crippen LogP contribution in [0.15, 0.2) is 24.3 Å². The molecule has 126 valence electrons. The molecule has 0 fully saturated rings. The molecule has 0 bridgehead atoms. The van der Waals surface area contributed by atoms with Gasteiger partial charge in [0.05, 0.1) is 16.5 Å².